The van der Waals surface area contributed by atoms with Crippen molar-refractivity contribution < 1.29 is 14.3 Å². The molecule has 0 amide bonds. The zero-order chi connectivity index (χ0) is 17.5. The fourth-order valence-corrected chi connectivity index (χ4v) is 9.69. The van der Waals surface area contributed by atoms with E-state index in [0.717, 1.165) is 13.0 Å². The summed E-state index contributed by atoms with van der Waals surface area (Å²) in [6, 6.07) is 0. The van der Waals surface area contributed by atoms with Crippen LogP contribution in [-0.4, -0.2) is 39.9 Å². The zero-order valence-electron chi connectivity index (χ0n) is 16.3. The van der Waals surface area contributed by atoms with Crippen LogP contribution in [0.3, 0.4) is 0 Å². The van der Waals surface area contributed by atoms with Gasteiger partial charge in [-0.2, -0.15) is 0 Å². The highest BCUT2D eigenvalue weighted by Crippen LogP contribution is 2.42. The molecule has 0 heterocycles. The van der Waals surface area contributed by atoms with E-state index in [2.05, 4.69) is 48.5 Å². The van der Waals surface area contributed by atoms with Crippen molar-refractivity contribution in [1.29, 1.82) is 0 Å². The Kier molecular flexibility index (Phi) is 10.1. The van der Waals surface area contributed by atoms with Crippen molar-refractivity contribution in [1.82, 2.24) is 0 Å². The second-order valence-corrected chi connectivity index (χ2v) is 13.3. The molecule has 3 nitrogen and oxygen atoms in total. The second-order valence-electron chi connectivity index (χ2n) is 7.79. The average molecular weight is 333 g/mol. The van der Waals surface area contributed by atoms with Gasteiger partial charge in [0, 0.05) is 26.2 Å². The summed E-state index contributed by atoms with van der Waals surface area (Å²) < 4.78 is 12.2. The molecular weight excluding hydrogens is 292 g/mol. The van der Waals surface area contributed by atoms with Gasteiger partial charge in [-0.15, -0.1) is 0 Å². The minimum Gasteiger partial charge on any atom is -0.416 e. The molecule has 0 aromatic rings. The third-order valence-electron chi connectivity index (χ3n) is 5.31. The van der Waals surface area contributed by atoms with Crippen LogP contribution >= 0.6 is 0 Å². The molecule has 0 aromatic heterocycles. The molecule has 134 valence electrons. The quantitative estimate of drug-likeness (QED) is 0.550. The van der Waals surface area contributed by atoms with Crippen molar-refractivity contribution >= 4 is 8.32 Å². The van der Waals surface area contributed by atoms with E-state index in [-0.39, 0.29) is 18.6 Å². The van der Waals surface area contributed by atoms with Crippen LogP contribution in [0.25, 0.3) is 0 Å². The number of hydrogen-bond donors (Lipinski definition) is 1. The Morgan fingerprint density at radius 1 is 0.818 bits per heavy atom. The lowest BCUT2D eigenvalue weighted by Crippen LogP contribution is -2.48. The van der Waals surface area contributed by atoms with Gasteiger partial charge in [-0.05, 0) is 29.0 Å². The third kappa shape index (κ3) is 5.33. The van der Waals surface area contributed by atoms with Crippen molar-refractivity contribution in [2.45, 2.75) is 84.5 Å². The molecule has 0 saturated heterocycles. The summed E-state index contributed by atoms with van der Waals surface area (Å²) in [4.78, 5) is 0. The Labute approximate surface area is 139 Å². The minimum atomic E-state index is -1.77. The molecule has 0 rings (SSSR count). The smallest absolute Gasteiger partial charge is 0.200 e. The molecular formula is C18H40O3Si. The number of hydrogen-bond acceptors (Lipinski definition) is 3. The van der Waals surface area contributed by atoms with Crippen LogP contribution in [-0.2, 0) is 9.16 Å². The maximum atomic E-state index is 9.35. The predicted octanol–water partition coefficient (Wildman–Crippen LogP) is 4.85. The van der Waals surface area contributed by atoms with Crippen molar-refractivity contribution in [3.05, 3.63) is 0 Å². The molecule has 4 heteroatoms. The number of ether oxygens (including phenoxy) is 1. The monoisotopic (exact) mass is 332 g/mol. The molecule has 0 saturated carbocycles. The molecule has 0 bridgehead atoms. The Hall–Kier alpha value is 0.0969. The highest BCUT2D eigenvalue weighted by molar-refractivity contribution is 6.77. The molecule has 0 fully saturated rings. The Morgan fingerprint density at radius 2 is 1.27 bits per heavy atom. The number of methoxy groups -OCH3 is 1. The zero-order valence-corrected chi connectivity index (χ0v) is 17.3. The van der Waals surface area contributed by atoms with Crippen molar-refractivity contribution in [2.75, 3.05) is 20.3 Å². The molecule has 0 aliphatic heterocycles. The van der Waals surface area contributed by atoms with E-state index in [1.807, 2.05) is 6.92 Å². The van der Waals surface area contributed by atoms with Gasteiger partial charge in [0.25, 0.3) is 0 Å². The van der Waals surface area contributed by atoms with E-state index in [0.29, 0.717) is 22.5 Å². The normalized spacial score (nSPS) is 17.3. The van der Waals surface area contributed by atoms with Crippen molar-refractivity contribution in [3.63, 3.8) is 0 Å². The lowest BCUT2D eigenvalue weighted by Gasteiger charge is -2.42. The molecule has 0 aliphatic rings. The van der Waals surface area contributed by atoms with Gasteiger partial charge in [-0.25, -0.2) is 0 Å². The standard InChI is InChI=1S/C18H40O3Si/c1-13(2)22(14(3)4,15(5)6)21-11-10-16(7)18(20-9)17(8)12-19/h13-19H,10-12H2,1-9H3/t16-,17+,18-/m1/s1. The lowest BCUT2D eigenvalue weighted by molar-refractivity contribution is -0.00797. The molecule has 0 spiro atoms. The van der Waals surface area contributed by atoms with E-state index < -0.39 is 8.32 Å². The Balaban J connectivity index is 4.75. The Morgan fingerprint density at radius 3 is 1.59 bits per heavy atom. The Bertz CT molecular complexity index is 270. The highest BCUT2D eigenvalue weighted by Gasteiger charge is 2.44. The molecule has 22 heavy (non-hydrogen) atoms. The van der Waals surface area contributed by atoms with Gasteiger partial charge < -0.3 is 14.3 Å². The molecule has 0 radical (unpaired) electrons. The molecule has 0 unspecified atom stereocenters. The first-order chi connectivity index (χ1) is 10.1. The van der Waals surface area contributed by atoms with Crippen LogP contribution in [0.1, 0.15) is 61.8 Å². The third-order valence-corrected chi connectivity index (χ3v) is 11.4. The summed E-state index contributed by atoms with van der Waals surface area (Å²) in [6.07, 6.45) is 1.09. The fourth-order valence-electron chi connectivity index (χ4n) is 4.22. The number of rotatable bonds is 11. The summed E-state index contributed by atoms with van der Waals surface area (Å²) in [7, 11) is -0.0254. The van der Waals surface area contributed by atoms with Crippen LogP contribution in [0.4, 0.5) is 0 Å². The summed E-state index contributed by atoms with van der Waals surface area (Å²) in [5.41, 5.74) is 1.87. The summed E-state index contributed by atoms with van der Waals surface area (Å²) >= 11 is 0. The maximum Gasteiger partial charge on any atom is 0.200 e. The van der Waals surface area contributed by atoms with Gasteiger partial charge in [0.05, 0.1) is 6.10 Å². The minimum absolute atomic E-state index is 0.0989. The number of aliphatic hydroxyl groups is 1. The van der Waals surface area contributed by atoms with Gasteiger partial charge in [0.15, 0.2) is 8.32 Å². The van der Waals surface area contributed by atoms with E-state index in [1.165, 1.54) is 0 Å². The average Bonchev–Trinajstić information content (AvgIpc) is 2.42. The summed E-state index contributed by atoms with van der Waals surface area (Å²) in [5.74, 6) is 0.563. The highest BCUT2D eigenvalue weighted by atomic mass is 28.4. The van der Waals surface area contributed by atoms with Crippen molar-refractivity contribution in [2.24, 2.45) is 11.8 Å². The van der Waals surface area contributed by atoms with E-state index in [9.17, 15) is 5.11 Å². The second kappa shape index (κ2) is 10.1. The predicted molar refractivity (Wildman–Crippen MR) is 97.8 cm³/mol. The van der Waals surface area contributed by atoms with Gasteiger partial charge >= 0.3 is 0 Å². The topological polar surface area (TPSA) is 38.7 Å². The molecule has 1 N–H and O–H groups in total. The molecule has 0 aromatic carbocycles. The van der Waals surface area contributed by atoms with Crippen LogP contribution < -0.4 is 0 Å². The van der Waals surface area contributed by atoms with Gasteiger partial charge in [0.2, 0.25) is 0 Å². The summed E-state index contributed by atoms with van der Waals surface area (Å²) in [6.45, 7) is 19.1. The SMILES string of the molecule is CO[C@H]([C@H](C)CCO[Si](C(C)C)(C(C)C)C(C)C)[C@@H](C)CO. The maximum absolute atomic E-state index is 9.35. The van der Waals surface area contributed by atoms with Crippen LogP contribution in [0.2, 0.25) is 16.6 Å². The first kappa shape index (κ1) is 22.1. The summed E-state index contributed by atoms with van der Waals surface area (Å²) in [5, 5.41) is 9.35. The lowest BCUT2D eigenvalue weighted by atomic mass is 9.91. The number of aliphatic hydroxyl groups excluding tert-OH is 1. The van der Waals surface area contributed by atoms with Crippen LogP contribution in [0, 0.1) is 11.8 Å². The molecule has 0 aliphatic carbocycles. The first-order valence-electron chi connectivity index (χ1n) is 8.92. The first-order valence-corrected chi connectivity index (χ1v) is 11.1. The van der Waals surface area contributed by atoms with Crippen LogP contribution in [0.5, 0.6) is 0 Å². The van der Waals surface area contributed by atoms with Crippen molar-refractivity contribution in [3.8, 4) is 0 Å². The molecule has 3 atom stereocenters. The van der Waals surface area contributed by atoms with Gasteiger partial charge in [0.1, 0.15) is 0 Å². The van der Waals surface area contributed by atoms with Gasteiger partial charge in [-0.3, -0.25) is 0 Å². The largest absolute Gasteiger partial charge is 0.416 e. The van der Waals surface area contributed by atoms with Crippen LogP contribution in [0.15, 0.2) is 0 Å². The van der Waals surface area contributed by atoms with E-state index in [1.54, 1.807) is 7.11 Å². The van der Waals surface area contributed by atoms with Gasteiger partial charge in [-0.1, -0.05) is 55.4 Å². The fraction of sp³-hybridized carbons (Fsp3) is 1.00. The van der Waals surface area contributed by atoms with E-state index in [4.69, 9.17) is 9.16 Å². The van der Waals surface area contributed by atoms with E-state index >= 15 is 0 Å².